The lowest BCUT2D eigenvalue weighted by Gasteiger charge is -2.19. The largest absolute Gasteiger partial charge is 0.487 e. The SMILES string of the molecule is Cc1cc(N2CCCC2)ccc1NC(=O)c1cccc(OCc2cn3ccccc3n2)c1. The van der Waals surface area contributed by atoms with Crippen LogP contribution in [0.1, 0.15) is 34.5 Å². The van der Waals surface area contributed by atoms with Crippen LogP contribution in [0.4, 0.5) is 11.4 Å². The van der Waals surface area contributed by atoms with Crippen molar-refractivity contribution in [2.75, 3.05) is 23.3 Å². The van der Waals surface area contributed by atoms with Crippen molar-refractivity contribution in [2.24, 2.45) is 0 Å². The number of amides is 1. The number of hydrogen-bond donors (Lipinski definition) is 1. The third-order valence-electron chi connectivity index (χ3n) is 5.83. The summed E-state index contributed by atoms with van der Waals surface area (Å²) in [6.07, 6.45) is 6.39. The Morgan fingerprint density at radius 1 is 1.06 bits per heavy atom. The van der Waals surface area contributed by atoms with Gasteiger partial charge in [-0.15, -0.1) is 0 Å². The summed E-state index contributed by atoms with van der Waals surface area (Å²) in [6.45, 7) is 4.58. The van der Waals surface area contributed by atoms with E-state index in [4.69, 9.17) is 4.74 Å². The highest BCUT2D eigenvalue weighted by molar-refractivity contribution is 6.05. The van der Waals surface area contributed by atoms with Gasteiger partial charge in [-0.3, -0.25) is 4.79 Å². The number of imidazole rings is 1. The number of fused-ring (bicyclic) bond motifs is 1. The second-order valence-electron chi connectivity index (χ2n) is 8.16. The number of pyridine rings is 1. The number of hydrogen-bond acceptors (Lipinski definition) is 4. The van der Waals surface area contributed by atoms with E-state index < -0.39 is 0 Å². The molecule has 1 amide bonds. The number of aromatic nitrogens is 2. The van der Waals surface area contributed by atoms with Gasteiger partial charge in [0, 0.05) is 42.4 Å². The van der Waals surface area contributed by atoms with Crippen LogP contribution in [0.2, 0.25) is 0 Å². The third-order valence-corrected chi connectivity index (χ3v) is 5.83. The standard InChI is InChI=1S/C26H26N4O2/c1-19-15-22(29-12-4-5-13-29)10-11-24(19)28-26(31)20-7-6-8-23(16-20)32-18-21-17-30-14-3-2-9-25(30)27-21/h2-3,6-11,14-17H,4-5,12-13,18H2,1H3,(H,28,31). The number of benzene rings is 2. The van der Waals surface area contributed by atoms with Gasteiger partial charge in [-0.1, -0.05) is 12.1 Å². The minimum absolute atomic E-state index is 0.153. The number of carbonyl (C=O) groups is 1. The molecule has 162 valence electrons. The summed E-state index contributed by atoms with van der Waals surface area (Å²) in [5.74, 6) is 0.482. The fourth-order valence-corrected chi connectivity index (χ4v) is 4.10. The smallest absolute Gasteiger partial charge is 0.255 e. The van der Waals surface area contributed by atoms with Crippen LogP contribution in [0.5, 0.6) is 5.75 Å². The maximum atomic E-state index is 12.9. The van der Waals surface area contributed by atoms with Crippen LogP contribution in [0.3, 0.4) is 0 Å². The van der Waals surface area contributed by atoms with Crippen LogP contribution in [0.15, 0.2) is 73.1 Å². The first kappa shape index (κ1) is 20.1. The maximum absolute atomic E-state index is 12.9. The first-order valence-corrected chi connectivity index (χ1v) is 11.0. The van der Waals surface area contributed by atoms with E-state index in [0.29, 0.717) is 17.9 Å². The van der Waals surface area contributed by atoms with E-state index in [1.807, 2.05) is 60.1 Å². The van der Waals surface area contributed by atoms with Crippen molar-refractivity contribution in [3.63, 3.8) is 0 Å². The Labute approximate surface area is 187 Å². The summed E-state index contributed by atoms with van der Waals surface area (Å²) < 4.78 is 7.86. The van der Waals surface area contributed by atoms with E-state index in [2.05, 4.69) is 27.3 Å². The number of nitrogens with one attached hydrogen (secondary N) is 1. The first-order chi connectivity index (χ1) is 15.7. The average molecular weight is 427 g/mol. The van der Waals surface area contributed by atoms with Gasteiger partial charge in [0.25, 0.3) is 5.91 Å². The number of anilines is 2. The molecule has 1 N–H and O–H groups in total. The minimum atomic E-state index is -0.153. The van der Waals surface area contributed by atoms with Gasteiger partial charge in [0.05, 0.1) is 5.69 Å². The molecule has 1 saturated heterocycles. The molecule has 32 heavy (non-hydrogen) atoms. The summed E-state index contributed by atoms with van der Waals surface area (Å²) in [5.41, 5.74) is 5.38. The van der Waals surface area contributed by atoms with Crippen molar-refractivity contribution in [3.8, 4) is 5.75 Å². The number of ether oxygens (including phenoxy) is 1. The molecule has 0 radical (unpaired) electrons. The zero-order chi connectivity index (χ0) is 21.9. The van der Waals surface area contributed by atoms with E-state index in [-0.39, 0.29) is 5.91 Å². The lowest BCUT2D eigenvalue weighted by molar-refractivity contribution is 0.102. The average Bonchev–Trinajstić information content (AvgIpc) is 3.49. The maximum Gasteiger partial charge on any atom is 0.255 e. The van der Waals surface area contributed by atoms with Gasteiger partial charge < -0.3 is 19.4 Å². The zero-order valence-electron chi connectivity index (χ0n) is 18.1. The Balaban J connectivity index is 1.25. The molecule has 4 aromatic rings. The summed E-state index contributed by atoms with van der Waals surface area (Å²) in [6, 6.07) is 19.3. The molecule has 6 nitrogen and oxygen atoms in total. The third kappa shape index (κ3) is 4.30. The number of nitrogens with zero attached hydrogens (tertiary/aromatic N) is 3. The Morgan fingerprint density at radius 3 is 2.75 bits per heavy atom. The summed E-state index contributed by atoms with van der Waals surface area (Å²) in [5, 5.41) is 3.03. The van der Waals surface area contributed by atoms with E-state index in [9.17, 15) is 4.79 Å². The molecule has 0 unspecified atom stereocenters. The van der Waals surface area contributed by atoms with Crippen LogP contribution in [0, 0.1) is 6.92 Å². The molecule has 0 atom stereocenters. The normalized spacial score (nSPS) is 13.5. The molecule has 1 aliphatic rings. The van der Waals surface area contributed by atoms with Gasteiger partial charge in [-0.25, -0.2) is 4.98 Å². The van der Waals surface area contributed by atoms with Crippen molar-refractivity contribution >= 4 is 22.9 Å². The van der Waals surface area contributed by atoms with Crippen LogP contribution >= 0.6 is 0 Å². The van der Waals surface area contributed by atoms with Crippen LogP contribution in [0.25, 0.3) is 5.65 Å². The van der Waals surface area contributed by atoms with Crippen LogP contribution in [-0.2, 0) is 6.61 Å². The topological polar surface area (TPSA) is 58.9 Å². The molecule has 6 heteroatoms. The molecule has 5 rings (SSSR count). The highest BCUT2D eigenvalue weighted by Gasteiger charge is 2.14. The Morgan fingerprint density at radius 2 is 1.94 bits per heavy atom. The monoisotopic (exact) mass is 426 g/mol. The predicted molar refractivity (Wildman–Crippen MR) is 127 cm³/mol. The fourth-order valence-electron chi connectivity index (χ4n) is 4.10. The molecule has 0 spiro atoms. The van der Waals surface area contributed by atoms with Gasteiger partial charge >= 0.3 is 0 Å². The van der Waals surface area contributed by atoms with Crippen molar-refractivity contribution in [1.82, 2.24) is 9.38 Å². The van der Waals surface area contributed by atoms with E-state index in [0.717, 1.165) is 35.7 Å². The lowest BCUT2D eigenvalue weighted by Crippen LogP contribution is -2.18. The number of aryl methyl sites for hydroxylation is 1. The highest BCUT2D eigenvalue weighted by atomic mass is 16.5. The first-order valence-electron chi connectivity index (χ1n) is 11.0. The van der Waals surface area contributed by atoms with Crippen LogP contribution < -0.4 is 15.0 Å². The number of carbonyl (C=O) groups excluding carboxylic acids is 1. The van der Waals surface area contributed by atoms with Crippen molar-refractivity contribution < 1.29 is 9.53 Å². The lowest BCUT2D eigenvalue weighted by atomic mass is 10.1. The highest BCUT2D eigenvalue weighted by Crippen LogP contribution is 2.26. The summed E-state index contributed by atoms with van der Waals surface area (Å²) >= 11 is 0. The molecule has 1 fully saturated rings. The molecule has 0 saturated carbocycles. The van der Waals surface area contributed by atoms with Crippen molar-refractivity contribution in [1.29, 1.82) is 0 Å². The Hall–Kier alpha value is -3.80. The molecular formula is C26H26N4O2. The molecule has 2 aromatic heterocycles. The van der Waals surface area contributed by atoms with Crippen LogP contribution in [-0.4, -0.2) is 28.4 Å². The zero-order valence-corrected chi connectivity index (χ0v) is 18.1. The molecule has 0 bridgehead atoms. The van der Waals surface area contributed by atoms with Crippen molar-refractivity contribution in [3.05, 3.63) is 89.9 Å². The van der Waals surface area contributed by atoms with E-state index in [1.165, 1.54) is 18.5 Å². The van der Waals surface area contributed by atoms with E-state index >= 15 is 0 Å². The van der Waals surface area contributed by atoms with Gasteiger partial charge in [0.1, 0.15) is 18.0 Å². The van der Waals surface area contributed by atoms with Gasteiger partial charge in [0.15, 0.2) is 0 Å². The predicted octanol–water partition coefficient (Wildman–Crippen LogP) is 5.07. The molecule has 3 heterocycles. The Kier molecular flexibility index (Phi) is 5.50. The molecule has 1 aliphatic heterocycles. The second-order valence-corrected chi connectivity index (χ2v) is 8.16. The fraction of sp³-hybridized carbons (Fsp3) is 0.231. The Bertz CT molecular complexity index is 1220. The van der Waals surface area contributed by atoms with E-state index in [1.54, 1.807) is 12.1 Å². The van der Waals surface area contributed by atoms with Gasteiger partial charge in [-0.05, 0) is 73.9 Å². The second kappa shape index (κ2) is 8.75. The quantitative estimate of drug-likeness (QED) is 0.467. The number of rotatable bonds is 6. The molecule has 0 aliphatic carbocycles. The van der Waals surface area contributed by atoms with Gasteiger partial charge in [0.2, 0.25) is 0 Å². The minimum Gasteiger partial charge on any atom is -0.487 e. The van der Waals surface area contributed by atoms with Gasteiger partial charge in [-0.2, -0.15) is 0 Å². The summed E-state index contributed by atoms with van der Waals surface area (Å²) in [7, 11) is 0. The summed E-state index contributed by atoms with van der Waals surface area (Å²) in [4.78, 5) is 19.8. The molecular weight excluding hydrogens is 400 g/mol. The van der Waals surface area contributed by atoms with Crippen molar-refractivity contribution in [2.45, 2.75) is 26.4 Å². The molecule has 2 aromatic carbocycles.